The van der Waals surface area contributed by atoms with Gasteiger partial charge >= 0.3 is 0 Å². The molecule has 0 aliphatic carbocycles. The molecule has 0 spiro atoms. The summed E-state index contributed by atoms with van der Waals surface area (Å²) in [4.78, 5) is 0. The second-order valence-electron chi connectivity index (χ2n) is 3.82. The van der Waals surface area contributed by atoms with Crippen LogP contribution in [0.4, 0.5) is 0 Å². The van der Waals surface area contributed by atoms with Crippen molar-refractivity contribution in [3.05, 3.63) is 35.0 Å². The quantitative estimate of drug-likeness (QED) is 0.862. The number of para-hydroxylation sites is 1. The Bertz CT molecular complexity index is 481. The van der Waals surface area contributed by atoms with Crippen LogP contribution in [0.25, 0.3) is 11.0 Å². The summed E-state index contributed by atoms with van der Waals surface area (Å²) < 4.78 is 5.43. The van der Waals surface area contributed by atoms with Crippen LogP contribution < -0.4 is 5.32 Å². The van der Waals surface area contributed by atoms with Crippen LogP contribution in [0.2, 0.25) is 5.22 Å². The fraction of sp³-hybridized carbons (Fsp3) is 0.333. The molecule has 16 heavy (non-hydrogen) atoms. The maximum absolute atomic E-state index is 8.93. The Morgan fingerprint density at radius 1 is 1.44 bits per heavy atom. The second-order valence-corrected chi connectivity index (χ2v) is 4.16. The largest absolute Gasteiger partial charge is 0.444 e. The molecular weight excluding hydrogens is 226 g/mol. The van der Waals surface area contributed by atoms with Gasteiger partial charge in [0.2, 0.25) is 0 Å². The number of hydrogen-bond donors (Lipinski definition) is 2. The topological polar surface area (TPSA) is 45.4 Å². The van der Waals surface area contributed by atoms with Crippen LogP contribution in [0.15, 0.2) is 28.7 Å². The van der Waals surface area contributed by atoms with Gasteiger partial charge in [0, 0.05) is 23.5 Å². The van der Waals surface area contributed by atoms with Gasteiger partial charge in [-0.25, -0.2) is 0 Å². The molecule has 0 radical (unpaired) electrons. The Kier molecular flexibility index (Phi) is 3.49. The van der Waals surface area contributed by atoms with E-state index in [0.717, 1.165) is 16.5 Å². The molecule has 0 amide bonds. The van der Waals surface area contributed by atoms with Crippen molar-refractivity contribution in [1.82, 2.24) is 5.32 Å². The number of nitrogens with one attached hydrogen (secondary N) is 1. The smallest absolute Gasteiger partial charge is 0.199 e. The maximum Gasteiger partial charge on any atom is 0.199 e. The summed E-state index contributed by atoms with van der Waals surface area (Å²) in [5.74, 6) is 0. The van der Waals surface area contributed by atoms with Gasteiger partial charge in [0.15, 0.2) is 5.22 Å². The monoisotopic (exact) mass is 239 g/mol. The average Bonchev–Trinajstić information content (AvgIpc) is 2.62. The number of fused-ring (bicyclic) bond motifs is 1. The van der Waals surface area contributed by atoms with E-state index in [4.69, 9.17) is 21.1 Å². The van der Waals surface area contributed by atoms with Crippen LogP contribution >= 0.6 is 11.6 Å². The van der Waals surface area contributed by atoms with Crippen molar-refractivity contribution >= 4 is 22.6 Å². The number of benzene rings is 1. The van der Waals surface area contributed by atoms with E-state index in [1.807, 2.05) is 31.2 Å². The number of aliphatic hydroxyl groups is 1. The number of aliphatic hydroxyl groups excluding tert-OH is 1. The maximum atomic E-state index is 8.93. The molecule has 0 fully saturated rings. The number of rotatable bonds is 4. The minimum absolute atomic E-state index is 0.0460. The van der Waals surface area contributed by atoms with E-state index >= 15 is 0 Å². The van der Waals surface area contributed by atoms with E-state index in [-0.39, 0.29) is 12.6 Å². The Morgan fingerprint density at radius 2 is 2.19 bits per heavy atom. The zero-order valence-electron chi connectivity index (χ0n) is 9.03. The molecule has 1 aromatic heterocycles. The molecule has 0 aliphatic heterocycles. The summed E-state index contributed by atoms with van der Waals surface area (Å²) in [7, 11) is 0. The fourth-order valence-electron chi connectivity index (χ4n) is 1.57. The molecule has 1 aromatic carbocycles. The highest BCUT2D eigenvalue weighted by atomic mass is 35.5. The molecule has 1 atom stereocenters. The highest BCUT2D eigenvalue weighted by Crippen LogP contribution is 2.29. The number of halogens is 1. The van der Waals surface area contributed by atoms with Gasteiger partial charge in [-0.05, 0) is 24.6 Å². The highest BCUT2D eigenvalue weighted by Gasteiger charge is 2.12. The van der Waals surface area contributed by atoms with Crippen molar-refractivity contribution in [3.63, 3.8) is 0 Å². The zero-order chi connectivity index (χ0) is 11.5. The Morgan fingerprint density at radius 3 is 2.94 bits per heavy atom. The third-order valence-electron chi connectivity index (χ3n) is 2.55. The van der Waals surface area contributed by atoms with Gasteiger partial charge in [-0.15, -0.1) is 0 Å². The second kappa shape index (κ2) is 4.87. The van der Waals surface area contributed by atoms with Crippen molar-refractivity contribution in [2.45, 2.75) is 19.5 Å². The molecule has 0 aliphatic rings. The van der Waals surface area contributed by atoms with Gasteiger partial charge in [0.05, 0.1) is 6.61 Å². The number of hydrogen-bond acceptors (Lipinski definition) is 3. The molecule has 2 N–H and O–H groups in total. The van der Waals surface area contributed by atoms with Gasteiger partial charge in [-0.1, -0.05) is 18.2 Å². The van der Waals surface area contributed by atoms with Crippen LogP contribution in [-0.2, 0) is 6.54 Å². The van der Waals surface area contributed by atoms with Crippen LogP contribution in [0.5, 0.6) is 0 Å². The lowest BCUT2D eigenvalue weighted by Gasteiger charge is -2.09. The van der Waals surface area contributed by atoms with Crippen molar-refractivity contribution in [2.24, 2.45) is 0 Å². The molecule has 2 aromatic rings. The lowest BCUT2D eigenvalue weighted by Crippen LogP contribution is -2.28. The SMILES string of the molecule is C[C@H](CO)NCc1c(Cl)oc2ccccc12. The first-order chi connectivity index (χ1) is 7.72. The highest BCUT2D eigenvalue weighted by molar-refractivity contribution is 6.30. The van der Waals surface area contributed by atoms with Crippen molar-refractivity contribution in [2.75, 3.05) is 6.61 Å². The molecule has 3 nitrogen and oxygen atoms in total. The van der Waals surface area contributed by atoms with E-state index in [2.05, 4.69) is 5.32 Å². The predicted octanol–water partition coefficient (Wildman–Crippen LogP) is 2.56. The molecule has 86 valence electrons. The summed E-state index contributed by atoms with van der Waals surface area (Å²) in [6.07, 6.45) is 0. The first kappa shape index (κ1) is 11.5. The van der Waals surface area contributed by atoms with Crippen LogP contribution in [0.3, 0.4) is 0 Å². The minimum atomic E-state index is 0.0460. The molecular formula is C12H14ClNO2. The van der Waals surface area contributed by atoms with E-state index in [1.165, 1.54) is 0 Å². The minimum Gasteiger partial charge on any atom is -0.444 e. The average molecular weight is 240 g/mol. The zero-order valence-corrected chi connectivity index (χ0v) is 9.79. The van der Waals surface area contributed by atoms with Crippen molar-refractivity contribution < 1.29 is 9.52 Å². The normalized spacial score (nSPS) is 13.2. The van der Waals surface area contributed by atoms with E-state index in [1.54, 1.807) is 0 Å². The Labute approximate surface area is 99.0 Å². The fourth-order valence-corrected chi connectivity index (χ4v) is 1.83. The molecule has 4 heteroatoms. The molecule has 0 bridgehead atoms. The lowest BCUT2D eigenvalue weighted by atomic mass is 10.1. The van der Waals surface area contributed by atoms with Crippen LogP contribution in [0.1, 0.15) is 12.5 Å². The third-order valence-corrected chi connectivity index (χ3v) is 2.86. The summed E-state index contributed by atoms with van der Waals surface area (Å²) in [5, 5.41) is 13.5. The summed E-state index contributed by atoms with van der Waals surface area (Å²) in [5.41, 5.74) is 1.73. The molecule has 2 rings (SSSR count). The van der Waals surface area contributed by atoms with Crippen molar-refractivity contribution in [3.8, 4) is 0 Å². The van der Waals surface area contributed by atoms with Crippen molar-refractivity contribution in [1.29, 1.82) is 0 Å². The van der Waals surface area contributed by atoms with E-state index < -0.39 is 0 Å². The predicted molar refractivity (Wildman–Crippen MR) is 64.6 cm³/mol. The lowest BCUT2D eigenvalue weighted by molar-refractivity contribution is 0.251. The first-order valence-corrected chi connectivity index (χ1v) is 5.60. The summed E-state index contributed by atoms with van der Waals surface area (Å²) in [6, 6.07) is 7.78. The number of furan rings is 1. The van der Waals surface area contributed by atoms with Gasteiger partial charge in [-0.2, -0.15) is 0 Å². The first-order valence-electron chi connectivity index (χ1n) is 5.22. The molecule has 0 saturated heterocycles. The summed E-state index contributed by atoms with van der Waals surface area (Å²) >= 11 is 6.03. The van der Waals surface area contributed by atoms with Gasteiger partial charge in [-0.3, -0.25) is 0 Å². The van der Waals surface area contributed by atoms with Gasteiger partial charge < -0.3 is 14.8 Å². The summed E-state index contributed by atoms with van der Waals surface area (Å²) in [6.45, 7) is 2.61. The molecule has 0 saturated carbocycles. The standard InChI is InChI=1S/C12H14ClNO2/c1-8(7-15)14-6-10-9-4-2-3-5-11(9)16-12(10)13/h2-5,8,14-15H,6-7H2,1H3/t8-/m1/s1. The van der Waals surface area contributed by atoms with E-state index in [0.29, 0.717) is 11.8 Å². The van der Waals surface area contributed by atoms with Crippen LogP contribution in [0, 0.1) is 0 Å². The van der Waals surface area contributed by atoms with E-state index in [9.17, 15) is 0 Å². The molecule has 0 unspecified atom stereocenters. The molecule has 1 heterocycles. The Hall–Kier alpha value is -1.03. The van der Waals surface area contributed by atoms with Gasteiger partial charge in [0.1, 0.15) is 5.58 Å². The Balaban J connectivity index is 2.26. The van der Waals surface area contributed by atoms with Gasteiger partial charge in [0.25, 0.3) is 0 Å². The third kappa shape index (κ3) is 2.21. The van der Waals surface area contributed by atoms with Crippen LogP contribution in [-0.4, -0.2) is 17.8 Å².